The Labute approximate surface area is 91.0 Å². The van der Waals surface area contributed by atoms with Crippen LogP contribution in [0, 0.1) is 0 Å². The molecular weight excluding hydrogens is 194 g/mol. The minimum Gasteiger partial charge on any atom is -0.302 e. The van der Waals surface area contributed by atoms with E-state index in [1.807, 2.05) is 12.1 Å². The van der Waals surface area contributed by atoms with E-state index in [4.69, 9.17) is 11.6 Å². The lowest BCUT2D eigenvalue weighted by Crippen LogP contribution is -2.19. The number of hydrogen-bond acceptors (Lipinski definition) is 1. The molecule has 2 heteroatoms. The van der Waals surface area contributed by atoms with Crippen molar-refractivity contribution in [2.75, 3.05) is 14.1 Å². The summed E-state index contributed by atoms with van der Waals surface area (Å²) in [6, 6.07) is 10.9. The molecule has 14 heavy (non-hydrogen) atoms. The second-order valence-corrected chi connectivity index (χ2v) is 3.74. The number of hydrogen-bond donors (Lipinski definition) is 0. The highest BCUT2D eigenvalue weighted by Gasteiger charge is 2.10. The Morgan fingerprint density at radius 1 is 1.29 bits per heavy atom. The average Bonchev–Trinajstić information content (AvgIpc) is 2.19. The molecule has 0 saturated carbocycles. The number of rotatable bonds is 4. The molecule has 0 amide bonds. The second kappa shape index (κ2) is 5.84. The van der Waals surface area contributed by atoms with Crippen LogP contribution in [0.4, 0.5) is 0 Å². The summed E-state index contributed by atoms with van der Waals surface area (Å²) in [7, 11) is 4.17. The van der Waals surface area contributed by atoms with Gasteiger partial charge in [0, 0.05) is 11.6 Å². The molecule has 0 radical (unpaired) electrons. The van der Waals surface area contributed by atoms with Gasteiger partial charge in [-0.05, 0) is 26.1 Å². The van der Waals surface area contributed by atoms with Crippen molar-refractivity contribution in [1.82, 2.24) is 4.90 Å². The second-order valence-electron chi connectivity index (χ2n) is 3.49. The SMILES string of the molecule is CN(C)C(CC=CCl)c1ccccc1. The van der Waals surface area contributed by atoms with Gasteiger partial charge in [-0.1, -0.05) is 48.0 Å². The maximum Gasteiger partial charge on any atom is 0.0376 e. The highest BCUT2D eigenvalue weighted by molar-refractivity contribution is 6.25. The van der Waals surface area contributed by atoms with E-state index in [0.29, 0.717) is 6.04 Å². The Kier molecular flexibility index (Phi) is 4.71. The summed E-state index contributed by atoms with van der Waals surface area (Å²) in [4.78, 5) is 2.20. The van der Waals surface area contributed by atoms with Gasteiger partial charge in [-0.25, -0.2) is 0 Å². The number of halogens is 1. The van der Waals surface area contributed by atoms with Crippen LogP contribution in [0.5, 0.6) is 0 Å². The van der Waals surface area contributed by atoms with Crippen molar-refractivity contribution in [3.63, 3.8) is 0 Å². The van der Waals surface area contributed by atoms with E-state index >= 15 is 0 Å². The van der Waals surface area contributed by atoms with Gasteiger partial charge in [0.05, 0.1) is 0 Å². The lowest BCUT2D eigenvalue weighted by Gasteiger charge is -2.23. The van der Waals surface area contributed by atoms with Gasteiger partial charge in [-0.15, -0.1) is 0 Å². The first kappa shape index (κ1) is 11.3. The minimum absolute atomic E-state index is 0.409. The van der Waals surface area contributed by atoms with Crippen LogP contribution >= 0.6 is 11.6 Å². The largest absolute Gasteiger partial charge is 0.302 e. The van der Waals surface area contributed by atoms with Crippen LogP contribution in [0.1, 0.15) is 18.0 Å². The van der Waals surface area contributed by atoms with Crippen molar-refractivity contribution in [2.24, 2.45) is 0 Å². The first-order valence-corrected chi connectivity index (χ1v) is 5.16. The third-order valence-corrected chi connectivity index (χ3v) is 2.43. The van der Waals surface area contributed by atoms with Gasteiger partial charge in [0.15, 0.2) is 0 Å². The van der Waals surface area contributed by atoms with Crippen LogP contribution in [-0.4, -0.2) is 19.0 Å². The average molecular weight is 210 g/mol. The zero-order chi connectivity index (χ0) is 10.4. The molecule has 0 spiro atoms. The van der Waals surface area contributed by atoms with Gasteiger partial charge in [-0.3, -0.25) is 0 Å². The molecule has 1 aromatic carbocycles. The van der Waals surface area contributed by atoms with Crippen molar-refractivity contribution in [2.45, 2.75) is 12.5 Å². The predicted octanol–water partition coefficient (Wildman–Crippen LogP) is 3.43. The molecule has 0 aromatic heterocycles. The van der Waals surface area contributed by atoms with Gasteiger partial charge in [0.2, 0.25) is 0 Å². The molecule has 0 saturated heterocycles. The predicted molar refractivity (Wildman–Crippen MR) is 62.5 cm³/mol. The summed E-state index contributed by atoms with van der Waals surface area (Å²) in [6.07, 6.45) is 2.93. The molecule has 0 aliphatic rings. The molecule has 1 nitrogen and oxygen atoms in total. The van der Waals surface area contributed by atoms with Gasteiger partial charge in [0.1, 0.15) is 0 Å². The lowest BCUT2D eigenvalue weighted by atomic mass is 10.0. The van der Waals surface area contributed by atoms with E-state index in [1.54, 1.807) is 5.54 Å². The third-order valence-electron chi connectivity index (χ3n) is 2.26. The first-order valence-electron chi connectivity index (χ1n) is 4.72. The maximum atomic E-state index is 5.54. The van der Waals surface area contributed by atoms with Gasteiger partial charge in [0.25, 0.3) is 0 Å². The minimum atomic E-state index is 0.409. The van der Waals surface area contributed by atoms with E-state index in [1.165, 1.54) is 5.56 Å². The van der Waals surface area contributed by atoms with E-state index in [2.05, 4.69) is 43.3 Å². The molecule has 1 unspecified atom stereocenters. The summed E-state index contributed by atoms with van der Waals surface area (Å²) in [5, 5.41) is 0. The first-order chi connectivity index (χ1) is 6.75. The molecule has 1 atom stereocenters. The molecule has 0 N–H and O–H groups in total. The summed E-state index contributed by atoms with van der Waals surface area (Å²) in [5.41, 5.74) is 2.91. The van der Waals surface area contributed by atoms with E-state index in [-0.39, 0.29) is 0 Å². The molecule has 0 aliphatic heterocycles. The number of nitrogens with zero attached hydrogens (tertiary/aromatic N) is 1. The van der Waals surface area contributed by atoms with Gasteiger partial charge < -0.3 is 4.90 Å². The van der Waals surface area contributed by atoms with Crippen molar-refractivity contribution >= 4 is 11.6 Å². The van der Waals surface area contributed by atoms with Crippen LogP contribution in [0.3, 0.4) is 0 Å². The fraction of sp³-hybridized carbons (Fsp3) is 0.333. The van der Waals surface area contributed by atoms with E-state index < -0.39 is 0 Å². The Hall–Kier alpha value is -0.790. The molecule has 76 valence electrons. The van der Waals surface area contributed by atoms with Crippen molar-refractivity contribution in [3.8, 4) is 0 Å². The third kappa shape index (κ3) is 3.17. The molecule has 0 aliphatic carbocycles. The summed E-state index contributed by atoms with van der Waals surface area (Å²) >= 11 is 5.54. The van der Waals surface area contributed by atoms with Crippen LogP contribution in [-0.2, 0) is 0 Å². The summed E-state index contributed by atoms with van der Waals surface area (Å²) < 4.78 is 0. The monoisotopic (exact) mass is 209 g/mol. The van der Waals surface area contributed by atoms with Crippen molar-refractivity contribution in [3.05, 3.63) is 47.5 Å². The molecule has 0 heterocycles. The zero-order valence-electron chi connectivity index (χ0n) is 8.65. The van der Waals surface area contributed by atoms with Crippen LogP contribution in [0.25, 0.3) is 0 Å². The highest BCUT2D eigenvalue weighted by atomic mass is 35.5. The molecule has 1 aromatic rings. The van der Waals surface area contributed by atoms with Gasteiger partial charge >= 0.3 is 0 Å². The molecule has 0 fully saturated rings. The molecule has 1 rings (SSSR count). The highest BCUT2D eigenvalue weighted by Crippen LogP contribution is 2.21. The topological polar surface area (TPSA) is 3.24 Å². The molecular formula is C12H16ClN. The Morgan fingerprint density at radius 2 is 1.93 bits per heavy atom. The van der Waals surface area contributed by atoms with Gasteiger partial charge in [-0.2, -0.15) is 0 Å². The standard InChI is InChI=1S/C12H16ClN/c1-14(2)12(9-6-10-13)11-7-4-3-5-8-11/h3-8,10,12H,9H2,1-2H3. The summed E-state index contributed by atoms with van der Waals surface area (Å²) in [5.74, 6) is 0. The normalized spacial score (nSPS) is 13.7. The fourth-order valence-corrected chi connectivity index (χ4v) is 1.60. The van der Waals surface area contributed by atoms with Crippen LogP contribution < -0.4 is 0 Å². The maximum absolute atomic E-state index is 5.54. The Bertz CT molecular complexity index is 280. The Morgan fingerprint density at radius 3 is 2.43 bits per heavy atom. The van der Waals surface area contributed by atoms with Crippen molar-refractivity contribution in [1.29, 1.82) is 0 Å². The summed E-state index contributed by atoms with van der Waals surface area (Å²) in [6.45, 7) is 0. The van der Waals surface area contributed by atoms with E-state index in [9.17, 15) is 0 Å². The Balaban J connectivity index is 2.78. The smallest absolute Gasteiger partial charge is 0.0376 e. The lowest BCUT2D eigenvalue weighted by molar-refractivity contribution is 0.301. The quantitative estimate of drug-likeness (QED) is 0.735. The van der Waals surface area contributed by atoms with E-state index in [0.717, 1.165) is 6.42 Å². The molecule has 0 bridgehead atoms. The van der Waals surface area contributed by atoms with Crippen molar-refractivity contribution < 1.29 is 0 Å². The zero-order valence-corrected chi connectivity index (χ0v) is 9.41. The number of benzene rings is 1. The van der Waals surface area contributed by atoms with Crippen LogP contribution in [0.15, 0.2) is 41.9 Å². The fourth-order valence-electron chi connectivity index (χ4n) is 1.50. The van der Waals surface area contributed by atoms with Crippen LogP contribution in [0.2, 0.25) is 0 Å².